The number of rotatable bonds is 16. The highest BCUT2D eigenvalue weighted by atomic mass is 19.1. The van der Waals surface area contributed by atoms with E-state index >= 15 is 0 Å². The normalized spacial score (nSPS) is 24.2. The minimum Gasteiger partial charge on any atom is -0.340 e. The van der Waals surface area contributed by atoms with Gasteiger partial charge in [-0.1, -0.05) is 76.2 Å². The Hall–Kier alpha value is -6.94. The fourth-order valence-electron chi connectivity index (χ4n) is 14.3. The summed E-state index contributed by atoms with van der Waals surface area (Å²) in [6.07, 6.45) is 1.18. The molecule has 470 valence electrons. The van der Waals surface area contributed by atoms with Gasteiger partial charge in [0.25, 0.3) is 11.1 Å². The number of aromatic amines is 2. The molecule has 0 bridgehead atoms. The van der Waals surface area contributed by atoms with Crippen LogP contribution in [0.4, 0.5) is 20.2 Å². The number of H-pyrrole nitrogens is 2. The highest BCUT2D eigenvalue weighted by molar-refractivity contribution is 5.98. The van der Waals surface area contributed by atoms with Crippen LogP contribution >= 0.6 is 0 Å². The van der Waals surface area contributed by atoms with Crippen LogP contribution in [0.15, 0.2) is 94.5 Å². The van der Waals surface area contributed by atoms with Gasteiger partial charge >= 0.3 is 0 Å². The van der Waals surface area contributed by atoms with Gasteiger partial charge in [0.1, 0.15) is 11.6 Å². The SMILES string of the molecule is C[C@@H]1CN(CC(=O)N2CC(C)(C)c3[nH]c(=O)c(Cc4ccc(F)cc4)cc32)[C@@H](CN2CCN(C(=O)Cc3ccc(CC(=O)N4CCN(C[C@H]5CN[C@H](C)CN5CC(=O)N5CC(C)(C)c6[nH]c(=O)c(Cc7ccc(F)cc7)cc65)[C@H](C)C4)cc3)C[C@H]2C)CN1. The standard InChI is InChI=1S/C68H88F2N12O6/c1-43-33-79(39-61(85)81-41-67(5,6)63-57(81)29-51(65(87)73-63)25-47-13-17-53(69)18-14-47)55(31-71-43)37-75-21-23-77(35-45(75)3)59(83)27-49-9-11-50(12-10-49)28-60(84)78-24-22-76(46(4)36-78)38-56-32-72-44(2)34-80(56)40-62(86)82-42-68(7,8)64-58(82)30-52(66(88)74-64)26-48-15-19-54(70)20-16-48/h9-20,29-30,43-46,55-56,71-72H,21-28,31-42H2,1-8H3,(H,73,87)(H,74,88)/t43-,44-,45-,46-,55-,56-/m1/s1. The fraction of sp³-hybridized carbons (Fsp3) is 0.529. The van der Waals surface area contributed by atoms with E-state index in [1.807, 2.05) is 83.7 Å². The molecule has 8 heterocycles. The number of halogens is 2. The second-order valence-corrected chi connectivity index (χ2v) is 27.4. The molecule has 0 saturated carbocycles. The van der Waals surface area contributed by atoms with Crippen molar-refractivity contribution in [2.45, 2.75) is 128 Å². The number of benzene rings is 3. The van der Waals surface area contributed by atoms with Crippen LogP contribution in [0.2, 0.25) is 0 Å². The summed E-state index contributed by atoms with van der Waals surface area (Å²) in [5, 5.41) is 7.27. The quantitative estimate of drug-likeness (QED) is 0.108. The van der Waals surface area contributed by atoms with Gasteiger partial charge in [-0.2, -0.15) is 0 Å². The molecule has 5 aromatic rings. The van der Waals surface area contributed by atoms with Gasteiger partial charge in [0.2, 0.25) is 23.6 Å². The Morgan fingerprint density at radius 2 is 0.852 bits per heavy atom. The van der Waals surface area contributed by atoms with Crippen molar-refractivity contribution in [3.63, 3.8) is 0 Å². The first-order valence-electron chi connectivity index (χ1n) is 31.6. The van der Waals surface area contributed by atoms with E-state index in [1.165, 1.54) is 24.3 Å². The predicted molar refractivity (Wildman–Crippen MR) is 338 cm³/mol. The van der Waals surface area contributed by atoms with Crippen LogP contribution in [0.3, 0.4) is 0 Å². The lowest BCUT2D eigenvalue weighted by atomic mass is 9.91. The zero-order valence-corrected chi connectivity index (χ0v) is 52.5. The van der Waals surface area contributed by atoms with Gasteiger partial charge in [-0.05, 0) is 86.3 Å². The van der Waals surface area contributed by atoms with E-state index in [1.54, 1.807) is 24.3 Å². The first-order valence-corrected chi connectivity index (χ1v) is 31.6. The maximum atomic E-state index is 14.4. The number of pyridine rings is 2. The van der Waals surface area contributed by atoms with Crippen LogP contribution in [0.5, 0.6) is 0 Å². The number of hydrogen-bond donors (Lipinski definition) is 4. The number of anilines is 2. The van der Waals surface area contributed by atoms with E-state index in [9.17, 15) is 37.5 Å². The van der Waals surface area contributed by atoms with Crippen molar-refractivity contribution in [3.05, 3.63) is 162 Å². The summed E-state index contributed by atoms with van der Waals surface area (Å²) in [6, 6.07) is 24.5. The number of carbonyl (C=O) groups is 4. The van der Waals surface area contributed by atoms with Crippen molar-refractivity contribution < 1.29 is 28.0 Å². The van der Waals surface area contributed by atoms with Crippen molar-refractivity contribution in [3.8, 4) is 0 Å². The summed E-state index contributed by atoms with van der Waals surface area (Å²) in [5.41, 5.74) is 6.11. The molecule has 2 aromatic heterocycles. The third kappa shape index (κ3) is 14.1. The van der Waals surface area contributed by atoms with Gasteiger partial charge in [0.15, 0.2) is 0 Å². The number of piperazine rings is 4. The molecule has 20 heteroatoms. The van der Waals surface area contributed by atoms with Crippen molar-refractivity contribution in [2.24, 2.45) is 0 Å². The average Bonchev–Trinajstić information content (AvgIpc) is 1.99. The lowest BCUT2D eigenvalue weighted by molar-refractivity contribution is -0.134. The molecule has 4 N–H and O–H groups in total. The Labute approximate surface area is 515 Å². The molecular formula is C68H88F2N12O6. The molecule has 4 saturated heterocycles. The van der Waals surface area contributed by atoms with E-state index in [2.05, 4.69) is 67.9 Å². The third-order valence-corrected chi connectivity index (χ3v) is 19.4. The van der Waals surface area contributed by atoms with Gasteiger partial charge in [0, 0.05) is 174 Å². The number of nitrogens with zero attached hydrogens (tertiary/aromatic N) is 8. The number of carbonyl (C=O) groups excluding carboxylic acids is 4. The lowest BCUT2D eigenvalue weighted by Gasteiger charge is -2.45. The Bertz CT molecular complexity index is 3270. The predicted octanol–water partition coefficient (Wildman–Crippen LogP) is 4.65. The minimum atomic E-state index is -0.451. The Kier molecular flexibility index (Phi) is 18.4. The topological polar surface area (TPSA) is 184 Å². The summed E-state index contributed by atoms with van der Waals surface area (Å²) >= 11 is 0. The number of fused-ring (bicyclic) bond motifs is 2. The molecule has 11 rings (SSSR count). The van der Waals surface area contributed by atoms with Gasteiger partial charge in [-0.3, -0.25) is 48.4 Å². The number of hydrogen-bond acceptors (Lipinski definition) is 12. The van der Waals surface area contributed by atoms with Gasteiger partial charge in [-0.15, -0.1) is 0 Å². The minimum absolute atomic E-state index is 0.0210. The van der Waals surface area contributed by atoms with E-state index in [0.29, 0.717) is 89.4 Å². The largest absolute Gasteiger partial charge is 0.340 e. The van der Waals surface area contributed by atoms with Crippen LogP contribution in [0.25, 0.3) is 0 Å². The maximum absolute atomic E-state index is 14.4. The molecule has 0 radical (unpaired) electrons. The van der Waals surface area contributed by atoms with Crippen molar-refractivity contribution in [1.82, 2.24) is 50.0 Å². The molecular weight excluding hydrogens is 1120 g/mol. The van der Waals surface area contributed by atoms with Crippen LogP contribution in [0, 0.1) is 11.6 Å². The van der Waals surface area contributed by atoms with Crippen LogP contribution in [0.1, 0.15) is 100 Å². The number of aromatic nitrogens is 2. The van der Waals surface area contributed by atoms with Crippen LogP contribution < -0.4 is 31.6 Å². The molecule has 88 heavy (non-hydrogen) atoms. The van der Waals surface area contributed by atoms with E-state index in [0.717, 1.165) is 71.2 Å². The smallest absolute Gasteiger partial charge is 0.251 e. The number of amides is 4. The summed E-state index contributed by atoms with van der Waals surface area (Å²) < 4.78 is 27.3. The van der Waals surface area contributed by atoms with E-state index in [4.69, 9.17) is 0 Å². The van der Waals surface area contributed by atoms with Crippen molar-refractivity contribution in [1.29, 1.82) is 0 Å². The number of nitrogens with one attached hydrogen (secondary N) is 4. The first-order chi connectivity index (χ1) is 41.9. The Morgan fingerprint density at radius 3 is 1.22 bits per heavy atom. The molecule has 4 amide bonds. The monoisotopic (exact) mass is 1210 g/mol. The summed E-state index contributed by atoms with van der Waals surface area (Å²) in [6.45, 7) is 26.3. The summed E-state index contributed by atoms with van der Waals surface area (Å²) in [5.74, 6) is -0.575. The van der Waals surface area contributed by atoms with Gasteiger partial charge in [-0.25, -0.2) is 8.78 Å². The molecule has 18 nitrogen and oxygen atoms in total. The molecule has 6 atom stereocenters. The van der Waals surface area contributed by atoms with Gasteiger partial charge in [0.05, 0.1) is 37.3 Å². The zero-order chi connectivity index (χ0) is 62.3. The first kappa shape index (κ1) is 62.7. The van der Waals surface area contributed by atoms with Gasteiger partial charge < -0.3 is 40.2 Å². The third-order valence-electron chi connectivity index (χ3n) is 19.4. The van der Waals surface area contributed by atoms with Crippen LogP contribution in [-0.2, 0) is 55.7 Å². The molecule has 6 aliphatic heterocycles. The molecule has 0 spiro atoms. The molecule has 4 fully saturated rings. The highest BCUT2D eigenvalue weighted by Gasteiger charge is 2.44. The fourth-order valence-corrected chi connectivity index (χ4v) is 14.3. The molecule has 0 unspecified atom stereocenters. The van der Waals surface area contributed by atoms with E-state index in [-0.39, 0.29) is 109 Å². The van der Waals surface area contributed by atoms with Crippen molar-refractivity contribution in [2.75, 3.05) is 115 Å². The highest BCUT2D eigenvalue weighted by Crippen LogP contribution is 2.41. The molecule has 6 aliphatic rings. The molecule has 0 aliphatic carbocycles. The summed E-state index contributed by atoms with van der Waals surface area (Å²) in [4.78, 5) is 106. The Balaban J connectivity index is 0.635. The second-order valence-electron chi connectivity index (χ2n) is 27.4. The second kappa shape index (κ2) is 25.9. The average molecular weight is 1210 g/mol. The van der Waals surface area contributed by atoms with Crippen LogP contribution in [-0.4, -0.2) is 204 Å². The lowest BCUT2D eigenvalue weighted by Crippen LogP contribution is -2.63. The van der Waals surface area contributed by atoms with Crippen molar-refractivity contribution >= 4 is 35.0 Å². The maximum Gasteiger partial charge on any atom is 0.251 e. The Morgan fingerprint density at radius 1 is 0.489 bits per heavy atom. The summed E-state index contributed by atoms with van der Waals surface area (Å²) in [7, 11) is 0. The molecule has 3 aromatic carbocycles. The van der Waals surface area contributed by atoms with E-state index < -0.39 is 10.8 Å². The zero-order valence-electron chi connectivity index (χ0n) is 52.5.